The number of likely N-dealkylation sites (tertiary alicyclic amines) is 2. The molecule has 0 aromatic heterocycles. The van der Waals surface area contributed by atoms with Crippen LogP contribution in [0.3, 0.4) is 0 Å². The summed E-state index contributed by atoms with van der Waals surface area (Å²) in [6.45, 7) is 9.38. The third-order valence-electron chi connectivity index (χ3n) is 6.58. The molecule has 1 aromatic rings. The summed E-state index contributed by atoms with van der Waals surface area (Å²) in [5.41, 5.74) is 1.24. The van der Waals surface area contributed by atoms with Gasteiger partial charge in [0.2, 0.25) is 5.91 Å². The number of amides is 1. The van der Waals surface area contributed by atoms with E-state index in [-0.39, 0.29) is 35.9 Å². The van der Waals surface area contributed by atoms with Crippen molar-refractivity contribution in [1.82, 2.24) is 20.4 Å². The van der Waals surface area contributed by atoms with Crippen LogP contribution in [0.2, 0.25) is 0 Å². The minimum absolute atomic E-state index is 0. The highest BCUT2D eigenvalue weighted by molar-refractivity contribution is 14.0. The van der Waals surface area contributed by atoms with Crippen molar-refractivity contribution in [3.63, 3.8) is 0 Å². The van der Waals surface area contributed by atoms with Gasteiger partial charge in [-0.3, -0.25) is 14.7 Å². The maximum Gasteiger partial charge on any atom is 0.224 e. The molecule has 33 heavy (non-hydrogen) atoms. The molecule has 2 aliphatic heterocycles. The molecule has 1 amide bonds. The molecule has 2 unspecified atom stereocenters. The topological polar surface area (TPSA) is 69.2 Å². The van der Waals surface area contributed by atoms with Crippen LogP contribution in [-0.2, 0) is 4.79 Å². The molecule has 186 valence electrons. The first kappa shape index (κ1) is 27.7. The van der Waals surface area contributed by atoms with Crippen LogP contribution >= 0.6 is 24.0 Å². The smallest absolute Gasteiger partial charge is 0.224 e. The van der Waals surface area contributed by atoms with Crippen molar-refractivity contribution in [2.45, 2.75) is 64.5 Å². The van der Waals surface area contributed by atoms with Crippen molar-refractivity contribution in [3.05, 3.63) is 29.8 Å². The van der Waals surface area contributed by atoms with Crippen LogP contribution < -0.4 is 15.4 Å². The SMILES string of the molecule is CCNC(=NCC(c1cccc(OC)c1)N1CCCC1)NCCC(=O)N1CCCCC1C.I. The summed E-state index contributed by atoms with van der Waals surface area (Å²) >= 11 is 0. The van der Waals surface area contributed by atoms with Crippen LogP contribution in [-0.4, -0.2) is 74.1 Å². The summed E-state index contributed by atoms with van der Waals surface area (Å²) in [6, 6.07) is 8.91. The van der Waals surface area contributed by atoms with E-state index in [0.29, 0.717) is 25.6 Å². The molecule has 7 nitrogen and oxygen atoms in total. The van der Waals surface area contributed by atoms with Crippen molar-refractivity contribution >= 4 is 35.8 Å². The quantitative estimate of drug-likeness (QED) is 0.268. The van der Waals surface area contributed by atoms with Gasteiger partial charge in [-0.25, -0.2) is 0 Å². The van der Waals surface area contributed by atoms with E-state index in [4.69, 9.17) is 9.73 Å². The zero-order chi connectivity index (χ0) is 22.8. The molecule has 2 fully saturated rings. The van der Waals surface area contributed by atoms with E-state index < -0.39 is 0 Å². The zero-order valence-corrected chi connectivity index (χ0v) is 22.8. The van der Waals surface area contributed by atoms with Crippen molar-refractivity contribution in [2.24, 2.45) is 4.99 Å². The number of piperidine rings is 1. The van der Waals surface area contributed by atoms with Crippen LogP contribution in [0.1, 0.15) is 64.0 Å². The Bertz CT molecular complexity index is 754. The first-order chi connectivity index (χ1) is 15.6. The maximum absolute atomic E-state index is 12.6. The second-order valence-corrected chi connectivity index (χ2v) is 8.86. The van der Waals surface area contributed by atoms with Crippen LogP contribution in [0.5, 0.6) is 5.75 Å². The predicted octanol–water partition coefficient (Wildman–Crippen LogP) is 3.80. The van der Waals surface area contributed by atoms with Crippen LogP contribution in [0.4, 0.5) is 0 Å². The lowest BCUT2D eigenvalue weighted by Gasteiger charge is -2.33. The average molecular weight is 572 g/mol. The van der Waals surface area contributed by atoms with E-state index in [1.807, 2.05) is 11.0 Å². The van der Waals surface area contributed by atoms with E-state index in [1.54, 1.807) is 7.11 Å². The molecule has 2 aliphatic rings. The number of rotatable bonds is 9. The summed E-state index contributed by atoms with van der Waals surface area (Å²) in [5, 5.41) is 6.71. The van der Waals surface area contributed by atoms with Crippen LogP contribution in [0.15, 0.2) is 29.3 Å². The summed E-state index contributed by atoms with van der Waals surface area (Å²) in [5.74, 6) is 1.90. The highest BCUT2D eigenvalue weighted by Crippen LogP contribution is 2.28. The van der Waals surface area contributed by atoms with Gasteiger partial charge in [0.1, 0.15) is 5.75 Å². The van der Waals surface area contributed by atoms with Gasteiger partial charge >= 0.3 is 0 Å². The van der Waals surface area contributed by atoms with Gasteiger partial charge in [0.15, 0.2) is 5.96 Å². The molecular formula is C25H42IN5O2. The number of nitrogens with one attached hydrogen (secondary N) is 2. The Hall–Kier alpha value is -1.55. The number of hydrogen-bond acceptors (Lipinski definition) is 4. The summed E-state index contributed by atoms with van der Waals surface area (Å²) in [6.07, 6.45) is 6.44. The fourth-order valence-corrected chi connectivity index (χ4v) is 4.75. The molecule has 0 radical (unpaired) electrons. The van der Waals surface area contributed by atoms with Gasteiger partial charge in [-0.2, -0.15) is 0 Å². The zero-order valence-electron chi connectivity index (χ0n) is 20.5. The number of guanidine groups is 1. The first-order valence-corrected chi connectivity index (χ1v) is 12.3. The normalized spacial score (nSPS) is 20.2. The van der Waals surface area contributed by atoms with Crippen molar-refractivity contribution < 1.29 is 9.53 Å². The van der Waals surface area contributed by atoms with Crippen molar-refractivity contribution in [1.29, 1.82) is 0 Å². The fourth-order valence-electron chi connectivity index (χ4n) is 4.75. The largest absolute Gasteiger partial charge is 0.497 e. The number of halogens is 1. The number of carbonyl (C=O) groups excluding carboxylic acids is 1. The predicted molar refractivity (Wildman–Crippen MR) is 146 cm³/mol. The minimum atomic E-state index is 0. The molecule has 3 rings (SSSR count). The number of methoxy groups -OCH3 is 1. The van der Waals surface area contributed by atoms with Gasteiger partial charge in [-0.1, -0.05) is 12.1 Å². The van der Waals surface area contributed by atoms with Gasteiger partial charge in [-0.05, 0) is 76.7 Å². The Morgan fingerprint density at radius 2 is 1.94 bits per heavy atom. The Balaban J connectivity index is 0.00000385. The van der Waals surface area contributed by atoms with Crippen LogP contribution in [0, 0.1) is 0 Å². The summed E-state index contributed by atoms with van der Waals surface area (Å²) < 4.78 is 5.45. The maximum atomic E-state index is 12.6. The lowest BCUT2D eigenvalue weighted by molar-refractivity contribution is -0.134. The Morgan fingerprint density at radius 1 is 1.18 bits per heavy atom. The monoisotopic (exact) mass is 571 g/mol. The van der Waals surface area contributed by atoms with E-state index >= 15 is 0 Å². The summed E-state index contributed by atoms with van der Waals surface area (Å²) in [4.78, 5) is 22.1. The molecule has 0 spiro atoms. The molecule has 2 heterocycles. The molecule has 2 N–H and O–H groups in total. The second kappa shape index (κ2) is 14.7. The summed E-state index contributed by atoms with van der Waals surface area (Å²) in [7, 11) is 1.71. The number of nitrogens with zero attached hydrogens (tertiary/aromatic N) is 3. The standard InChI is InChI=1S/C25H41N5O2.HI/c1-4-26-25(27-14-13-24(31)30-17-6-5-10-20(30)2)28-19-23(29-15-7-8-16-29)21-11-9-12-22(18-21)32-3;/h9,11-12,18,20,23H,4-8,10,13-17,19H2,1-3H3,(H2,26,27,28);1H. The highest BCUT2D eigenvalue weighted by atomic mass is 127. The first-order valence-electron chi connectivity index (χ1n) is 12.3. The molecule has 2 atom stereocenters. The molecular weight excluding hydrogens is 529 g/mol. The number of ether oxygens (including phenoxy) is 1. The van der Waals surface area contributed by atoms with Gasteiger partial charge in [-0.15, -0.1) is 24.0 Å². The van der Waals surface area contributed by atoms with Crippen molar-refractivity contribution in [2.75, 3.05) is 46.4 Å². The molecule has 0 saturated carbocycles. The van der Waals surface area contributed by atoms with Crippen LogP contribution in [0.25, 0.3) is 0 Å². The minimum Gasteiger partial charge on any atom is -0.497 e. The number of hydrogen-bond donors (Lipinski definition) is 2. The highest BCUT2D eigenvalue weighted by Gasteiger charge is 2.24. The molecule has 8 heteroatoms. The molecule has 1 aromatic carbocycles. The van der Waals surface area contributed by atoms with E-state index in [2.05, 4.69) is 47.6 Å². The lowest BCUT2D eigenvalue weighted by atomic mass is 10.0. The molecule has 2 saturated heterocycles. The van der Waals surface area contributed by atoms with Crippen molar-refractivity contribution in [3.8, 4) is 5.75 Å². The third kappa shape index (κ3) is 8.31. The fraction of sp³-hybridized carbons (Fsp3) is 0.680. The Labute approximate surface area is 216 Å². The Morgan fingerprint density at radius 3 is 2.64 bits per heavy atom. The number of aliphatic imine (C=N–C) groups is 1. The molecule has 0 bridgehead atoms. The number of benzene rings is 1. The van der Waals surface area contributed by atoms with Gasteiger partial charge < -0.3 is 20.3 Å². The van der Waals surface area contributed by atoms with Gasteiger partial charge in [0, 0.05) is 32.1 Å². The third-order valence-corrected chi connectivity index (χ3v) is 6.58. The lowest BCUT2D eigenvalue weighted by Crippen LogP contribution is -2.44. The van der Waals surface area contributed by atoms with Gasteiger partial charge in [0.25, 0.3) is 0 Å². The van der Waals surface area contributed by atoms with E-state index in [1.165, 1.54) is 24.8 Å². The number of carbonyl (C=O) groups is 1. The Kier molecular flexibility index (Phi) is 12.3. The van der Waals surface area contributed by atoms with Gasteiger partial charge in [0.05, 0.1) is 19.7 Å². The second-order valence-electron chi connectivity index (χ2n) is 8.86. The van der Waals surface area contributed by atoms with E-state index in [0.717, 1.165) is 50.7 Å². The average Bonchev–Trinajstić information content (AvgIpc) is 3.34. The molecule has 0 aliphatic carbocycles. The van der Waals surface area contributed by atoms with E-state index in [9.17, 15) is 4.79 Å².